The molecule has 2 heteroatoms. The topological polar surface area (TPSA) is 20.3 Å². The standard InChI is InChI=1S/C11H17NO/c1-9(13)11-6-4-10(5-7-11)8-12(2)3/h4,6H,5,7-8H2,1-3H3. The van der Waals surface area contributed by atoms with Crippen LogP contribution in [0, 0.1) is 0 Å². The Morgan fingerprint density at radius 3 is 2.46 bits per heavy atom. The van der Waals surface area contributed by atoms with Gasteiger partial charge in [-0.05, 0) is 39.4 Å². The van der Waals surface area contributed by atoms with Gasteiger partial charge >= 0.3 is 0 Å². The number of likely N-dealkylation sites (N-methyl/N-ethyl adjacent to an activating group) is 1. The second kappa shape index (κ2) is 4.38. The maximum atomic E-state index is 11.0. The molecule has 0 radical (unpaired) electrons. The molecule has 0 fully saturated rings. The Bertz CT molecular complexity index is 261. The molecule has 0 aromatic carbocycles. The van der Waals surface area contributed by atoms with E-state index >= 15 is 0 Å². The molecule has 0 atom stereocenters. The molecule has 0 heterocycles. The molecule has 1 rings (SSSR count). The minimum Gasteiger partial charge on any atom is -0.305 e. The highest BCUT2D eigenvalue weighted by atomic mass is 16.1. The molecule has 0 saturated carbocycles. The number of carbonyl (C=O) groups excluding carboxylic acids is 1. The molecular weight excluding hydrogens is 162 g/mol. The molecule has 0 amide bonds. The Morgan fingerprint density at radius 2 is 2.08 bits per heavy atom. The average molecular weight is 179 g/mol. The van der Waals surface area contributed by atoms with E-state index < -0.39 is 0 Å². The van der Waals surface area contributed by atoms with Gasteiger partial charge in [0.05, 0.1) is 0 Å². The van der Waals surface area contributed by atoms with Crippen molar-refractivity contribution in [3.05, 3.63) is 23.3 Å². The summed E-state index contributed by atoms with van der Waals surface area (Å²) in [7, 11) is 4.12. The van der Waals surface area contributed by atoms with Gasteiger partial charge in [-0.3, -0.25) is 4.79 Å². The van der Waals surface area contributed by atoms with Gasteiger partial charge in [-0.1, -0.05) is 17.7 Å². The Kier molecular flexibility index (Phi) is 3.43. The fraction of sp³-hybridized carbons (Fsp3) is 0.545. The lowest BCUT2D eigenvalue weighted by atomic mass is 9.96. The van der Waals surface area contributed by atoms with Crippen LogP contribution in [0.4, 0.5) is 0 Å². The molecule has 0 aromatic heterocycles. The number of hydrogen-bond donors (Lipinski definition) is 0. The van der Waals surface area contributed by atoms with E-state index in [1.165, 1.54) is 5.57 Å². The van der Waals surface area contributed by atoms with Crippen LogP contribution in [0.3, 0.4) is 0 Å². The highest BCUT2D eigenvalue weighted by Crippen LogP contribution is 2.18. The largest absolute Gasteiger partial charge is 0.305 e. The van der Waals surface area contributed by atoms with E-state index in [0.29, 0.717) is 0 Å². The zero-order valence-corrected chi connectivity index (χ0v) is 8.63. The smallest absolute Gasteiger partial charge is 0.155 e. The second-order valence-electron chi connectivity index (χ2n) is 3.81. The summed E-state index contributed by atoms with van der Waals surface area (Å²) in [6.45, 7) is 2.64. The average Bonchev–Trinajstić information content (AvgIpc) is 2.04. The van der Waals surface area contributed by atoms with Crippen molar-refractivity contribution < 1.29 is 4.79 Å². The zero-order valence-electron chi connectivity index (χ0n) is 8.63. The summed E-state index contributed by atoms with van der Waals surface area (Å²) < 4.78 is 0. The minimum atomic E-state index is 0.208. The molecular formula is C11H17NO. The lowest BCUT2D eigenvalue weighted by molar-refractivity contribution is -0.113. The molecule has 0 aromatic rings. The summed E-state index contributed by atoms with van der Waals surface area (Å²) in [4.78, 5) is 13.2. The number of rotatable bonds is 3. The number of carbonyl (C=O) groups is 1. The summed E-state index contributed by atoms with van der Waals surface area (Å²) in [5.74, 6) is 0.208. The Labute approximate surface area is 79.9 Å². The van der Waals surface area contributed by atoms with Crippen molar-refractivity contribution >= 4 is 5.78 Å². The first-order chi connectivity index (χ1) is 6.09. The first-order valence-corrected chi connectivity index (χ1v) is 4.64. The van der Waals surface area contributed by atoms with Crippen LogP contribution in [-0.2, 0) is 4.79 Å². The molecule has 13 heavy (non-hydrogen) atoms. The molecule has 0 N–H and O–H groups in total. The minimum absolute atomic E-state index is 0.208. The van der Waals surface area contributed by atoms with Gasteiger partial charge in [-0.25, -0.2) is 0 Å². The maximum absolute atomic E-state index is 11.0. The Hall–Kier alpha value is -0.890. The quantitative estimate of drug-likeness (QED) is 0.658. The third-order valence-corrected chi connectivity index (χ3v) is 2.21. The number of Topliss-reactive ketones (excluding diaryl/α,β-unsaturated/α-hetero) is 1. The van der Waals surface area contributed by atoms with E-state index in [4.69, 9.17) is 0 Å². The molecule has 0 bridgehead atoms. The molecule has 0 aliphatic heterocycles. The van der Waals surface area contributed by atoms with E-state index in [-0.39, 0.29) is 5.78 Å². The van der Waals surface area contributed by atoms with Gasteiger partial charge in [-0.2, -0.15) is 0 Å². The van der Waals surface area contributed by atoms with Crippen molar-refractivity contribution in [2.75, 3.05) is 20.6 Å². The number of ketones is 1. The molecule has 0 spiro atoms. The normalized spacial score (nSPS) is 16.9. The number of hydrogen-bond acceptors (Lipinski definition) is 2. The van der Waals surface area contributed by atoms with Crippen LogP contribution in [-0.4, -0.2) is 31.3 Å². The number of nitrogens with zero attached hydrogens (tertiary/aromatic N) is 1. The van der Waals surface area contributed by atoms with Crippen LogP contribution >= 0.6 is 0 Å². The molecule has 72 valence electrons. The van der Waals surface area contributed by atoms with Crippen LogP contribution in [0.25, 0.3) is 0 Å². The fourth-order valence-corrected chi connectivity index (χ4v) is 1.51. The van der Waals surface area contributed by atoms with Gasteiger partial charge in [0.2, 0.25) is 0 Å². The van der Waals surface area contributed by atoms with Crippen molar-refractivity contribution in [3.8, 4) is 0 Å². The van der Waals surface area contributed by atoms with Gasteiger partial charge in [0.15, 0.2) is 5.78 Å². The highest BCUT2D eigenvalue weighted by Gasteiger charge is 2.09. The van der Waals surface area contributed by atoms with E-state index in [9.17, 15) is 4.79 Å². The van der Waals surface area contributed by atoms with Crippen molar-refractivity contribution in [1.29, 1.82) is 0 Å². The van der Waals surface area contributed by atoms with Gasteiger partial charge in [0.1, 0.15) is 0 Å². The summed E-state index contributed by atoms with van der Waals surface area (Å²) in [6.07, 6.45) is 5.99. The summed E-state index contributed by atoms with van der Waals surface area (Å²) in [5, 5.41) is 0. The first kappa shape index (κ1) is 10.2. The first-order valence-electron chi connectivity index (χ1n) is 4.64. The Morgan fingerprint density at radius 1 is 1.38 bits per heavy atom. The van der Waals surface area contributed by atoms with Crippen molar-refractivity contribution in [3.63, 3.8) is 0 Å². The summed E-state index contributed by atoms with van der Waals surface area (Å²) >= 11 is 0. The van der Waals surface area contributed by atoms with Crippen LogP contribution in [0.1, 0.15) is 19.8 Å². The predicted octanol–water partition coefficient (Wildman–Crippen LogP) is 1.78. The van der Waals surface area contributed by atoms with Crippen LogP contribution < -0.4 is 0 Å². The lowest BCUT2D eigenvalue weighted by Gasteiger charge is -2.16. The fourth-order valence-electron chi connectivity index (χ4n) is 1.51. The molecule has 0 saturated heterocycles. The SMILES string of the molecule is CC(=O)C1=CC=C(CN(C)C)CC1. The van der Waals surface area contributed by atoms with Gasteiger partial charge < -0.3 is 4.90 Å². The third-order valence-electron chi connectivity index (χ3n) is 2.21. The number of allylic oxidation sites excluding steroid dienone is 3. The van der Waals surface area contributed by atoms with Crippen LogP contribution in [0.2, 0.25) is 0 Å². The third kappa shape index (κ3) is 3.15. The predicted molar refractivity (Wildman–Crippen MR) is 54.6 cm³/mol. The van der Waals surface area contributed by atoms with E-state index in [1.807, 2.05) is 6.08 Å². The summed E-state index contributed by atoms with van der Waals surface area (Å²) in [5.41, 5.74) is 2.37. The summed E-state index contributed by atoms with van der Waals surface area (Å²) in [6, 6.07) is 0. The van der Waals surface area contributed by atoms with Gasteiger partial charge in [0.25, 0.3) is 0 Å². The van der Waals surface area contributed by atoms with Gasteiger partial charge in [0, 0.05) is 6.54 Å². The van der Waals surface area contributed by atoms with Crippen molar-refractivity contribution in [2.45, 2.75) is 19.8 Å². The zero-order chi connectivity index (χ0) is 9.84. The van der Waals surface area contributed by atoms with E-state index in [0.717, 1.165) is 25.0 Å². The molecule has 0 unspecified atom stereocenters. The van der Waals surface area contributed by atoms with E-state index in [2.05, 4.69) is 25.1 Å². The van der Waals surface area contributed by atoms with Gasteiger partial charge in [-0.15, -0.1) is 0 Å². The van der Waals surface area contributed by atoms with Crippen LogP contribution in [0.15, 0.2) is 23.3 Å². The molecule has 1 aliphatic carbocycles. The maximum Gasteiger partial charge on any atom is 0.155 e. The Balaban J connectivity index is 2.60. The molecule has 1 aliphatic rings. The lowest BCUT2D eigenvalue weighted by Crippen LogP contribution is -2.16. The van der Waals surface area contributed by atoms with E-state index in [1.54, 1.807) is 6.92 Å². The second-order valence-corrected chi connectivity index (χ2v) is 3.81. The highest BCUT2D eigenvalue weighted by molar-refractivity contribution is 5.93. The van der Waals surface area contributed by atoms with Crippen molar-refractivity contribution in [1.82, 2.24) is 4.90 Å². The molecule has 2 nitrogen and oxygen atoms in total. The van der Waals surface area contributed by atoms with Crippen molar-refractivity contribution in [2.24, 2.45) is 0 Å². The van der Waals surface area contributed by atoms with Crippen LogP contribution in [0.5, 0.6) is 0 Å². The monoisotopic (exact) mass is 179 g/mol.